The monoisotopic (exact) mass is 439 g/mol. The second kappa shape index (κ2) is 18.0. The first-order valence-corrected chi connectivity index (χ1v) is 11.8. The second-order valence-corrected chi connectivity index (χ2v) is 9.33. The number of carboxylic acids is 1. The molecule has 0 radical (unpaired) electrons. The van der Waals surface area contributed by atoms with Crippen molar-refractivity contribution >= 4 is 11.9 Å². The van der Waals surface area contributed by atoms with Crippen LogP contribution in [0.5, 0.6) is 0 Å². The Morgan fingerprint density at radius 3 is 2.10 bits per heavy atom. The third kappa shape index (κ3) is 21.4. The van der Waals surface area contributed by atoms with Gasteiger partial charge in [-0.05, 0) is 38.5 Å². The molecule has 0 spiro atoms. The molecule has 0 bridgehead atoms. The first kappa shape index (κ1) is 29.3. The molecular weight excluding hydrogens is 394 g/mol. The van der Waals surface area contributed by atoms with Crippen molar-refractivity contribution in [2.24, 2.45) is 0 Å². The van der Waals surface area contributed by atoms with Crippen molar-refractivity contribution in [1.82, 2.24) is 0 Å². The summed E-state index contributed by atoms with van der Waals surface area (Å²) in [5, 5.41) is 21.0. The van der Waals surface area contributed by atoms with Gasteiger partial charge < -0.3 is 24.2 Å². The minimum absolute atomic E-state index is 0.106. The summed E-state index contributed by atoms with van der Waals surface area (Å²) in [4.78, 5) is 22.9. The zero-order valence-corrected chi connectivity index (χ0v) is 20.2. The highest BCUT2D eigenvalue weighted by Gasteiger charge is 2.23. The Morgan fingerprint density at radius 2 is 1.55 bits per heavy atom. The van der Waals surface area contributed by atoms with Crippen LogP contribution in [-0.4, -0.2) is 61.4 Å². The summed E-state index contributed by atoms with van der Waals surface area (Å²) in [5.74, 6) is -1.80. The fraction of sp³-hybridized carbons (Fsp3) is 0.760. The predicted octanol–water partition coefficient (Wildman–Crippen LogP) is 3.53. The maximum absolute atomic E-state index is 12.0. The number of carbonyl (C=O) groups is 2. The third-order valence-corrected chi connectivity index (χ3v) is 4.83. The highest BCUT2D eigenvalue weighted by atomic mass is 16.5. The van der Waals surface area contributed by atoms with Gasteiger partial charge in [-0.3, -0.25) is 4.79 Å². The molecule has 0 aromatic carbocycles. The first-order chi connectivity index (χ1) is 14.6. The van der Waals surface area contributed by atoms with E-state index < -0.39 is 24.1 Å². The van der Waals surface area contributed by atoms with Gasteiger partial charge in [0.15, 0.2) is 6.10 Å². The van der Waals surface area contributed by atoms with Crippen LogP contribution in [-0.2, 0) is 14.3 Å². The SMILES string of the molecule is CCCCC/C=C\C/C=C\CCCCCC(O)CC(=O)OC(CC(=O)[O-])C[N+](C)(C)C. The summed E-state index contributed by atoms with van der Waals surface area (Å²) in [6.45, 7) is 2.59. The molecule has 0 saturated heterocycles. The van der Waals surface area contributed by atoms with Crippen LogP contribution in [0.3, 0.4) is 0 Å². The van der Waals surface area contributed by atoms with Gasteiger partial charge in [-0.2, -0.15) is 0 Å². The smallest absolute Gasteiger partial charge is 0.308 e. The number of hydrogen-bond acceptors (Lipinski definition) is 5. The summed E-state index contributed by atoms with van der Waals surface area (Å²) in [6.07, 6.45) is 17.4. The molecule has 0 aromatic heterocycles. The number of carboxylic acid groups (broad SMARTS) is 1. The van der Waals surface area contributed by atoms with Gasteiger partial charge in [-0.15, -0.1) is 0 Å². The number of carbonyl (C=O) groups excluding carboxylic acids is 2. The number of unbranched alkanes of at least 4 members (excludes halogenated alkanes) is 6. The van der Waals surface area contributed by atoms with Gasteiger partial charge >= 0.3 is 5.97 Å². The van der Waals surface area contributed by atoms with E-state index in [0.29, 0.717) is 17.4 Å². The van der Waals surface area contributed by atoms with Gasteiger partial charge in [0.1, 0.15) is 6.54 Å². The maximum Gasteiger partial charge on any atom is 0.308 e. The van der Waals surface area contributed by atoms with Crippen LogP contribution in [0, 0.1) is 0 Å². The average Bonchev–Trinajstić information content (AvgIpc) is 2.63. The number of hydrogen-bond donors (Lipinski definition) is 1. The van der Waals surface area contributed by atoms with E-state index in [4.69, 9.17) is 4.74 Å². The third-order valence-electron chi connectivity index (χ3n) is 4.83. The van der Waals surface area contributed by atoms with Crippen molar-refractivity contribution in [3.8, 4) is 0 Å². The summed E-state index contributed by atoms with van der Waals surface area (Å²) < 4.78 is 5.75. The molecule has 0 aliphatic carbocycles. The van der Waals surface area contributed by atoms with Gasteiger partial charge in [-0.25, -0.2) is 0 Å². The topological polar surface area (TPSA) is 86.7 Å². The van der Waals surface area contributed by atoms with Crippen molar-refractivity contribution in [2.75, 3.05) is 27.7 Å². The molecule has 180 valence electrons. The van der Waals surface area contributed by atoms with Crippen LogP contribution in [0.1, 0.15) is 84.0 Å². The fourth-order valence-electron chi connectivity index (χ4n) is 3.31. The molecule has 6 nitrogen and oxygen atoms in total. The number of aliphatic hydroxyl groups is 1. The largest absolute Gasteiger partial charge is 0.550 e. The van der Waals surface area contributed by atoms with E-state index in [1.165, 1.54) is 25.7 Å². The number of quaternary nitrogens is 1. The molecule has 1 N–H and O–H groups in total. The second-order valence-electron chi connectivity index (χ2n) is 9.33. The van der Waals surface area contributed by atoms with Crippen molar-refractivity contribution in [3.05, 3.63) is 24.3 Å². The van der Waals surface area contributed by atoms with Crippen LogP contribution < -0.4 is 5.11 Å². The van der Waals surface area contributed by atoms with Crippen LogP contribution in [0.15, 0.2) is 24.3 Å². The molecule has 6 heteroatoms. The lowest BCUT2D eigenvalue weighted by Crippen LogP contribution is -2.45. The van der Waals surface area contributed by atoms with E-state index in [1.54, 1.807) is 0 Å². The lowest BCUT2D eigenvalue weighted by Gasteiger charge is -2.29. The molecule has 2 unspecified atom stereocenters. The zero-order chi connectivity index (χ0) is 23.5. The van der Waals surface area contributed by atoms with Crippen LogP contribution in [0.4, 0.5) is 0 Å². The standard InChI is InChI=1S/C25H45NO5/c1-5-6-7-8-9-10-11-12-13-14-15-16-17-18-22(27)19-25(30)31-23(20-24(28)29)21-26(2,3)4/h9-10,12-13,22-23,27H,5-8,11,14-21H2,1-4H3/b10-9-,13-12-. The molecule has 0 aromatic rings. The molecule has 2 atom stereocenters. The van der Waals surface area contributed by atoms with Gasteiger partial charge in [0.05, 0.1) is 33.7 Å². The number of nitrogens with zero attached hydrogens (tertiary/aromatic N) is 1. The predicted molar refractivity (Wildman–Crippen MR) is 123 cm³/mol. The molecule has 0 saturated carbocycles. The number of likely N-dealkylation sites (N-methyl/N-ethyl adjacent to an activating group) is 1. The Kier molecular flexibility index (Phi) is 17.0. The van der Waals surface area contributed by atoms with E-state index in [-0.39, 0.29) is 12.8 Å². The first-order valence-electron chi connectivity index (χ1n) is 11.8. The molecule has 0 fully saturated rings. The van der Waals surface area contributed by atoms with Crippen molar-refractivity contribution < 1.29 is 29.0 Å². The molecule has 0 heterocycles. The fourth-order valence-corrected chi connectivity index (χ4v) is 3.31. The minimum Gasteiger partial charge on any atom is -0.550 e. The zero-order valence-electron chi connectivity index (χ0n) is 20.2. The summed E-state index contributed by atoms with van der Waals surface area (Å²) in [6, 6.07) is 0. The van der Waals surface area contributed by atoms with Crippen LogP contribution in [0.25, 0.3) is 0 Å². The number of aliphatic carboxylic acids is 1. The Morgan fingerprint density at radius 1 is 0.935 bits per heavy atom. The summed E-state index contributed by atoms with van der Waals surface area (Å²) >= 11 is 0. The highest BCUT2D eigenvalue weighted by molar-refractivity contribution is 5.71. The van der Waals surface area contributed by atoms with Crippen LogP contribution >= 0.6 is 0 Å². The number of aliphatic hydroxyl groups excluding tert-OH is 1. The quantitative estimate of drug-likeness (QED) is 0.144. The molecule has 31 heavy (non-hydrogen) atoms. The van der Waals surface area contributed by atoms with E-state index >= 15 is 0 Å². The average molecular weight is 440 g/mol. The lowest BCUT2D eigenvalue weighted by molar-refractivity contribution is -0.873. The molecule has 0 rings (SSSR count). The Bertz CT molecular complexity index is 537. The van der Waals surface area contributed by atoms with Gasteiger partial charge in [0.25, 0.3) is 0 Å². The molecule has 0 aliphatic rings. The van der Waals surface area contributed by atoms with Gasteiger partial charge in [0.2, 0.25) is 0 Å². The van der Waals surface area contributed by atoms with E-state index in [2.05, 4.69) is 31.2 Å². The summed E-state index contributed by atoms with van der Waals surface area (Å²) in [7, 11) is 5.68. The summed E-state index contributed by atoms with van der Waals surface area (Å²) in [5.41, 5.74) is 0. The van der Waals surface area contributed by atoms with Crippen molar-refractivity contribution in [1.29, 1.82) is 0 Å². The Labute approximate surface area is 189 Å². The molecular formula is C25H45NO5. The number of allylic oxidation sites excluding steroid dienone is 4. The number of ether oxygens (including phenoxy) is 1. The Balaban J connectivity index is 3.90. The van der Waals surface area contributed by atoms with Crippen LogP contribution in [0.2, 0.25) is 0 Å². The van der Waals surface area contributed by atoms with Gasteiger partial charge in [-0.1, -0.05) is 56.9 Å². The number of rotatable bonds is 19. The van der Waals surface area contributed by atoms with Crippen molar-refractivity contribution in [2.45, 2.75) is 96.2 Å². The molecule has 0 amide bonds. The van der Waals surface area contributed by atoms with E-state index in [0.717, 1.165) is 32.1 Å². The van der Waals surface area contributed by atoms with E-state index in [9.17, 15) is 19.8 Å². The maximum atomic E-state index is 12.0. The lowest BCUT2D eigenvalue weighted by atomic mass is 10.1. The van der Waals surface area contributed by atoms with E-state index in [1.807, 2.05) is 21.1 Å². The van der Waals surface area contributed by atoms with Crippen molar-refractivity contribution in [3.63, 3.8) is 0 Å². The Hall–Kier alpha value is -1.66. The minimum atomic E-state index is -1.25. The molecule has 0 aliphatic heterocycles. The highest BCUT2D eigenvalue weighted by Crippen LogP contribution is 2.12. The van der Waals surface area contributed by atoms with Gasteiger partial charge in [0, 0.05) is 12.4 Å². The number of esters is 1. The normalized spacial score (nSPS) is 14.2.